The molecule has 0 aromatic heterocycles. The van der Waals surface area contributed by atoms with E-state index in [-0.39, 0.29) is 11.7 Å². The molecule has 2 aromatic rings. The lowest BCUT2D eigenvalue weighted by Gasteiger charge is -2.06. The summed E-state index contributed by atoms with van der Waals surface area (Å²) < 4.78 is 12.9. The summed E-state index contributed by atoms with van der Waals surface area (Å²) in [5.74, 6) is 0.267. The fraction of sp³-hybridized carbons (Fsp3) is 0.0714. The van der Waals surface area contributed by atoms with Crippen LogP contribution in [-0.4, -0.2) is 11.7 Å². The Kier molecular flexibility index (Phi) is 3.95. The number of benzene rings is 2. The zero-order valence-corrected chi connectivity index (χ0v) is 10.4. The summed E-state index contributed by atoms with van der Waals surface area (Å²) in [6.45, 7) is 0. The number of halogens is 2. The van der Waals surface area contributed by atoms with Gasteiger partial charge in [-0.1, -0.05) is 30.3 Å². The maximum Gasteiger partial charge on any atom is 0.123 e. The Balaban J connectivity index is 2.48. The normalized spacial score (nSPS) is 11.6. The van der Waals surface area contributed by atoms with Gasteiger partial charge in [-0.15, -0.1) is 11.6 Å². The maximum atomic E-state index is 12.9. The standard InChI is InChI=1S/C14H12ClFN2/c15-9-14(17)18-13-4-2-1-3-12(13)10-5-7-11(16)8-6-10/h1-8H,9H2,(H2,17,18). The summed E-state index contributed by atoms with van der Waals surface area (Å²) in [5.41, 5.74) is 8.14. The van der Waals surface area contributed by atoms with Crippen LogP contribution < -0.4 is 5.73 Å². The first-order valence-electron chi connectivity index (χ1n) is 5.44. The average Bonchev–Trinajstić information content (AvgIpc) is 2.40. The van der Waals surface area contributed by atoms with Crippen molar-refractivity contribution in [2.24, 2.45) is 10.7 Å². The van der Waals surface area contributed by atoms with Gasteiger partial charge in [-0.25, -0.2) is 9.38 Å². The first kappa shape index (κ1) is 12.6. The summed E-state index contributed by atoms with van der Waals surface area (Å²) in [4.78, 5) is 4.25. The van der Waals surface area contributed by atoms with E-state index in [0.717, 1.165) is 16.8 Å². The van der Waals surface area contributed by atoms with Gasteiger partial charge in [0.05, 0.1) is 11.6 Å². The minimum absolute atomic E-state index is 0.178. The van der Waals surface area contributed by atoms with Crippen LogP contribution in [0.2, 0.25) is 0 Å². The molecule has 92 valence electrons. The third kappa shape index (κ3) is 2.87. The minimum atomic E-state index is -0.264. The maximum absolute atomic E-state index is 12.9. The van der Waals surface area contributed by atoms with Gasteiger partial charge in [0.2, 0.25) is 0 Å². The fourth-order valence-corrected chi connectivity index (χ4v) is 1.69. The van der Waals surface area contributed by atoms with Crippen LogP contribution in [-0.2, 0) is 0 Å². The highest BCUT2D eigenvalue weighted by molar-refractivity contribution is 6.28. The van der Waals surface area contributed by atoms with E-state index in [0.29, 0.717) is 5.84 Å². The molecule has 0 aliphatic rings. The van der Waals surface area contributed by atoms with Gasteiger partial charge in [-0.3, -0.25) is 0 Å². The van der Waals surface area contributed by atoms with Gasteiger partial charge in [0.15, 0.2) is 0 Å². The predicted octanol–water partition coefficient (Wildman–Crippen LogP) is 3.72. The number of hydrogen-bond acceptors (Lipinski definition) is 1. The van der Waals surface area contributed by atoms with Crippen LogP contribution in [0.5, 0.6) is 0 Å². The van der Waals surface area contributed by atoms with Gasteiger partial charge >= 0.3 is 0 Å². The summed E-state index contributed by atoms with van der Waals surface area (Å²) >= 11 is 5.62. The van der Waals surface area contributed by atoms with Crippen molar-refractivity contribution in [3.05, 3.63) is 54.3 Å². The molecule has 0 amide bonds. The van der Waals surface area contributed by atoms with Gasteiger partial charge in [0, 0.05) is 5.56 Å². The molecule has 2 rings (SSSR count). The molecule has 0 aliphatic heterocycles. The Hall–Kier alpha value is -1.87. The summed E-state index contributed by atoms with van der Waals surface area (Å²) in [6.07, 6.45) is 0. The van der Waals surface area contributed by atoms with E-state index in [2.05, 4.69) is 4.99 Å². The van der Waals surface area contributed by atoms with E-state index in [1.165, 1.54) is 12.1 Å². The first-order chi connectivity index (χ1) is 8.70. The van der Waals surface area contributed by atoms with Crippen molar-refractivity contribution >= 4 is 23.1 Å². The Bertz CT molecular complexity index is 564. The third-order valence-corrected chi connectivity index (χ3v) is 2.73. The fourth-order valence-electron chi connectivity index (χ4n) is 1.63. The molecule has 0 bridgehead atoms. The van der Waals surface area contributed by atoms with Crippen molar-refractivity contribution in [1.29, 1.82) is 0 Å². The molecule has 18 heavy (non-hydrogen) atoms. The third-order valence-electron chi connectivity index (χ3n) is 2.46. The Labute approximate surface area is 110 Å². The monoisotopic (exact) mass is 262 g/mol. The quantitative estimate of drug-likeness (QED) is 0.511. The summed E-state index contributed by atoms with van der Waals surface area (Å²) in [5, 5.41) is 0. The van der Waals surface area contributed by atoms with Crippen LogP contribution in [0.3, 0.4) is 0 Å². The van der Waals surface area contributed by atoms with Gasteiger partial charge in [-0.2, -0.15) is 0 Å². The minimum Gasteiger partial charge on any atom is -0.386 e. The van der Waals surface area contributed by atoms with Crippen molar-refractivity contribution in [3.8, 4) is 11.1 Å². The van der Waals surface area contributed by atoms with Crippen LogP contribution in [0.1, 0.15) is 0 Å². The van der Waals surface area contributed by atoms with Crippen molar-refractivity contribution in [2.75, 3.05) is 5.88 Å². The predicted molar refractivity (Wildman–Crippen MR) is 73.8 cm³/mol. The largest absolute Gasteiger partial charge is 0.386 e. The molecule has 0 heterocycles. The number of para-hydroxylation sites is 1. The van der Waals surface area contributed by atoms with Crippen LogP contribution in [0.15, 0.2) is 53.5 Å². The van der Waals surface area contributed by atoms with E-state index in [9.17, 15) is 4.39 Å². The number of nitrogens with two attached hydrogens (primary N) is 1. The van der Waals surface area contributed by atoms with E-state index in [4.69, 9.17) is 17.3 Å². The number of hydrogen-bond donors (Lipinski definition) is 1. The van der Waals surface area contributed by atoms with Crippen LogP contribution in [0.4, 0.5) is 10.1 Å². The molecule has 0 saturated carbocycles. The lowest BCUT2D eigenvalue weighted by atomic mass is 10.0. The van der Waals surface area contributed by atoms with E-state index in [1.807, 2.05) is 24.3 Å². The van der Waals surface area contributed by atoms with E-state index >= 15 is 0 Å². The SMILES string of the molecule is NC(CCl)=Nc1ccccc1-c1ccc(F)cc1. The molecule has 0 aliphatic carbocycles. The molecular weight excluding hydrogens is 251 g/mol. The molecule has 0 atom stereocenters. The van der Waals surface area contributed by atoms with Gasteiger partial charge in [-0.05, 0) is 23.8 Å². The average molecular weight is 263 g/mol. The van der Waals surface area contributed by atoms with Gasteiger partial charge in [0.25, 0.3) is 0 Å². The molecule has 0 radical (unpaired) electrons. The molecule has 2 aromatic carbocycles. The lowest BCUT2D eigenvalue weighted by Crippen LogP contribution is -2.12. The Morgan fingerprint density at radius 1 is 1.11 bits per heavy atom. The molecule has 2 nitrogen and oxygen atoms in total. The smallest absolute Gasteiger partial charge is 0.123 e. The van der Waals surface area contributed by atoms with Crippen LogP contribution >= 0.6 is 11.6 Å². The molecule has 0 fully saturated rings. The highest BCUT2D eigenvalue weighted by Crippen LogP contribution is 2.30. The molecule has 2 N–H and O–H groups in total. The second-order valence-electron chi connectivity index (χ2n) is 3.76. The molecule has 0 spiro atoms. The number of rotatable bonds is 3. The van der Waals surface area contributed by atoms with Gasteiger partial charge in [0.1, 0.15) is 11.7 Å². The van der Waals surface area contributed by atoms with Crippen molar-refractivity contribution < 1.29 is 4.39 Å². The zero-order chi connectivity index (χ0) is 13.0. The molecular formula is C14H12ClFN2. The Morgan fingerprint density at radius 2 is 1.78 bits per heavy atom. The lowest BCUT2D eigenvalue weighted by molar-refractivity contribution is 0.628. The van der Waals surface area contributed by atoms with Crippen molar-refractivity contribution in [3.63, 3.8) is 0 Å². The highest BCUT2D eigenvalue weighted by Gasteiger charge is 2.04. The number of nitrogens with zero attached hydrogens (tertiary/aromatic N) is 1. The van der Waals surface area contributed by atoms with E-state index < -0.39 is 0 Å². The van der Waals surface area contributed by atoms with Crippen LogP contribution in [0.25, 0.3) is 11.1 Å². The summed E-state index contributed by atoms with van der Waals surface area (Å²) in [6, 6.07) is 13.8. The van der Waals surface area contributed by atoms with Crippen molar-refractivity contribution in [2.45, 2.75) is 0 Å². The number of alkyl halides is 1. The molecule has 0 unspecified atom stereocenters. The second kappa shape index (κ2) is 5.65. The van der Waals surface area contributed by atoms with Crippen molar-refractivity contribution in [1.82, 2.24) is 0 Å². The van der Waals surface area contributed by atoms with E-state index in [1.54, 1.807) is 12.1 Å². The first-order valence-corrected chi connectivity index (χ1v) is 5.98. The number of amidine groups is 1. The zero-order valence-electron chi connectivity index (χ0n) is 9.61. The Morgan fingerprint density at radius 3 is 2.44 bits per heavy atom. The van der Waals surface area contributed by atoms with Crippen LogP contribution in [0, 0.1) is 5.82 Å². The summed E-state index contributed by atoms with van der Waals surface area (Å²) in [7, 11) is 0. The number of aliphatic imine (C=N–C) groups is 1. The van der Waals surface area contributed by atoms with Gasteiger partial charge < -0.3 is 5.73 Å². The highest BCUT2D eigenvalue weighted by atomic mass is 35.5. The molecule has 4 heteroatoms. The topological polar surface area (TPSA) is 38.4 Å². The molecule has 0 saturated heterocycles. The second-order valence-corrected chi connectivity index (χ2v) is 4.03.